The number of nitrogens with zero attached hydrogens (tertiary/aromatic N) is 1. The summed E-state index contributed by atoms with van der Waals surface area (Å²) in [6.45, 7) is 1.58. The molecule has 6 heteroatoms. The monoisotopic (exact) mass is 277 g/mol. The normalized spacial score (nSPS) is 13.2. The fraction of sp³-hybridized carbons (Fsp3) is 0.455. The van der Waals surface area contributed by atoms with Crippen molar-refractivity contribution in [3.8, 4) is 5.75 Å². The van der Waals surface area contributed by atoms with Gasteiger partial charge in [0.2, 0.25) is 10.0 Å². The summed E-state index contributed by atoms with van der Waals surface area (Å²) < 4.78 is 30.4. The van der Waals surface area contributed by atoms with E-state index in [4.69, 9.17) is 16.3 Å². The number of anilines is 1. The van der Waals surface area contributed by atoms with Crippen molar-refractivity contribution in [2.45, 2.75) is 12.2 Å². The Hall–Kier alpha value is -0.940. The van der Waals surface area contributed by atoms with Gasteiger partial charge in [-0.1, -0.05) is 6.07 Å². The second-order valence-electron chi connectivity index (χ2n) is 3.68. The molecule has 4 nitrogen and oxygen atoms in total. The SMILES string of the molecule is COc1cccc(N(C)S(=O)(=O)C(C)CCl)c1. The van der Waals surface area contributed by atoms with Crippen LogP contribution in [0.2, 0.25) is 0 Å². The number of rotatable bonds is 5. The van der Waals surface area contributed by atoms with Crippen LogP contribution in [0.25, 0.3) is 0 Å². The maximum Gasteiger partial charge on any atom is 0.238 e. The van der Waals surface area contributed by atoms with Crippen LogP contribution in [0.3, 0.4) is 0 Å². The Morgan fingerprint density at radius 1 is 1.47 bits per heavy atom. The maximum atomic E-state index is 12.1. The molecule has 0 fully saturated rings. The van der Waals surface area contributed by atoms with Gasteiger partial charge < -0.3 is 4.74 Å². The van der Waals surface area contributed by atoms with Gasteiger partial charge in [-0.15, -0.1) is 11.6 Å². The van der Waals surface area contributed by atoms with Crippen molar-refractivity contribution in [3.63, 3.8) is 0 Å². The lowest BCUT2D eigenvalue weighted by Crippen LogP contribution is -2.35. The molecule has 1 atom stereocenters. The van der Waals surface area contributed by atoms with Crippen molar-refractivity contribution < 1.29 is 13.2 Å². The molecule has 0 aliphatic carbocycles. The second-order valence-corrected chi connectivity index (χ2v) is 6.37. The third-order valence-corrected chi connectivity index (χ3v) is 5.33. The van der Waals surface area contributed by atoms with Gasteiger partial charge in [0.05, 0.1) is 18.0 Å². The fourth-order valence-electron chi connectivity index (χ4n) is 1.30. The van der Waals surface area contributed by atoms with Crippen LogP contribution in [0.15, 0.2) is 24.3 Å². The van der Waals surface area contributed by atoms with Crippen molar-refractivity contribution in [1.29, 1.82) is 0 Å². The van der Waals surface area contributed by atoms with Gasteiger partial charge in [0.25, 0.3) is 0 Å². The smallest absolute Gasteiger partial charge is 0.238 e. The molecule has 0 N–H and O–H groups in total. The number of sulfonamides is 1. The van der Waals surface area contributed by atoms with Crippen LogP contribution in [0.1, 0.15) is 6.92 Å². The largest absolute Gasteiger partial charge is 0.497 e. The van der Waals surface area contributed by atoms with Crippen molar-refractivity contribution in [1.82, 2.24) is 0 Å². The lowest BCUT2D eigenvalue weighted by atomic mass is 10.3. The summed E-state index contributed by atoms with van der Waals surface area (Å²) in [5, 5.41) is -0.625. The molecule has 17 heavy (non-hydrogen) atoms. The van der Waals surface area contributed by atoms with Crippen molar-refractivity contribution in [2.75, 3.05) is 24.3 Å². The molecule has 0 aromatic heterocycles. The van der Waals surface area contributed by atoms with Crippen LogP contribution >= 0.6 is 11.6 Å². The molecule has 0 aliphatic heterocycles. The summed E-state index contributed by atoms with van der Waals surface area (Å²) in [6, 6.07) is 6.88. The molecular weight excluding hydrogens is 262 g/mol. The average molecular weight is 278 g/mol. The van der Waals surface area contributed by atoms with Gasteiger partial charge in [-0.3, -0.25) is 4.31 Å². The highest BCUT2D eigenvalue weighted by molar-refractivity contribution is 7.93. The Kier molecular flexibility index (Phi) is 4.65. The van der Waals surface area contributed by atoms with Crippen LogP contribution < -0.4 is 9.04 Å². The van der Waals surface area contributed by atoms with Gasteiger partial charge in [0.1, 0.15) is 5.75 Å². The summed E-state index contributed by atoms with van der Waals surface area (Å²) in [6.07, 6.45) is 0. The van der Waals surface area contributed by atoms with Crippen LogP contribution in [0.5, 0.6) is 5.75 Å². The van der Waals surface area contributed by atoms with E-state index in [2.05, 4.69) is 0 Å². The van der Waals surface area contributed by atoms with Crippen molar-refractivity contribution in [3.05, 3.63) is 24.3 Å². The van der Waals surface area contributed by atoms with Crippen molar-refractivity contribution >= 4 is 27.3 Å². The van der Waals surface area contributed by atoms with Crippen LogP contribution in [-0.4, -0.2) is 33.7 Å². The van der Waals surface area contributed by atoms with E-state index >= 15 is 0 Å². The third-order valence-electron chi connectivity index (χ3n) is 2.52. The topological polar surface area (TPSA) is 46.6 Å². The Morgan fingerprint density at radius 2 is 2.12 bits per heavy atom. The zero-order valence-electron chi connectivity index (χ0n) is 10.1. The van der Waals surface area contributed by atoms with E-state index in [9.17, 15) is 8.42 Å². The minimum Gasteiger partial charge on any atom is -0.497 e. The molecular formula is C11H16ClNO3S. The van der Waals surface area contributed by atoms with Gasteiger partial charge in [0.15, 0.2) is 0 Å². The first kappa shape index (κ1) is 14.1. The summed E-state index contributed by atoms with van der Waals surface area (Å²) in [4.78, 5) is 0. The van der Waals surface area contributed by atoms with E-state index in [-0.39, 0.29) is 5.88 Å². The summed E-state index contributed by atoms with van der Waals surface area (Å²) in [5.74, 6) is 0.680. The van der Waals surface area contributed by atoms with E-state index in [1.165, 1.54) is 18.5 Å². The second kappa shape index (κ2) is 5.60. The van der Waals surface area contributed by atoms with E-state index in [1.807, 2.05) is 0 Å². The standard InChI is InChI=1S/C11H16ClNO3S/c1-9(8-12)17(14,15)13(2)10-5-4-6-11(7-10)16-3/h4-7,9H,8H2,1-3H3. The molecule has 1 rings (SSSR count). The number of ether oxygens (including phenoxy) is 1. The molecule has 1 aromatic carbocycles. The van der Waals surface area contributed by atoms with E-state index in [0.29, 0.717) is 11.4 Å². The quantitative estimate of drug-likeness (QED) is 0.774. The molecule has 1 unspecified atom stereocenters. The predicted octanol–water partition coefficient (Wildman–Crippen LogP) is 2.09. The van der Waals surface area contributed by atoms with Crippen LogP contribution in [0, 0.1) is 0 Å². The Balaban J connectivity index is 3.07. The number of hydrogen-bond donors (Lipinski definition) is 0. The van der Waals surface area contributed by atoms with Gasteiger partial charge in [0, 0.05) is 19.0 Å². The number of hydrogen-bond acceptors (Lipinski definition) is 3. The van der Waals surface area contributed by atoms with E-state index in [1.54, 1.807) is 31.2 Å². The summed E-state index contributed by atoms with van der Waals surface area (Å²) in [7, 11) is -0.377. The summed E-state index contributed by atoms with van der Waals surface area (Å²) >= 11 is 5.60. The Bertz CT molecular complexity index is 475. The zero-order valence-corrected chi connectivity index (χ0v) is 11.6. The van der Waals surface area contributed by atoms with Crippen LogP contribution in [-0.2, 0) is 10.0 Å². The molecule has 0 saturated heterocycles. The highest BCUT2D eigenvalue weighted by Crippen LogP contribution is 2.23. The Morgan fingerprint density at radius 3 is 2.65 bits per heavy atom. The van der Waals surface area contributed by atoms with Gasteiger partial charge in [-0.25, -0.2) is 8.42 Å². The highest BCUT2D eigenvalue weighted by Gasteiger charge is 2.25. The number of benzene rings is 1. The molecule has 0 amide bonds. The zero-order chi connectivity index (χ0) is 13.1. The van der Waals surface area contributed by atoms with E-state index in [0.717, 1.165) is 0 Å². The lowest BCUT2D eigenvalue weighted by molar-refractivity contribution is 0.415. The molecule has 0 radical (unpaired) electrons. The van der Waals surface area contributed by atoms with Gasteiger partial charge >= 0.3 is 0 Å². The molecule has 0 aliphatic rings. The van der Waals surface area contributed by atoms with Gasteiger partial charge in [-0.2, -0.15) is 0 Å². The lowest BCUT2D eigenvalue weighted by Gasteiger charge is -2.23. The minimum atomic E-state index is -3.42. The van der Waals surface area contributed by atoms with Crippen LogP contribution in [0.4, 0.5) is 5.69 Å². The maximum absolute atomic E-state index is 12.1. The predicted molar refractivity (Wildman–Crippen MR) is 70.5 cm³/mol. The molecule has 0 heterocycles. The average Bonchev–Trinajstić information content (AvgIpc) is 2.36. The number of halogens is 1. The first-order chi connectivity index (χ1) is 7.93. The minimum absolute atomic E-state index is 0.0661. The molecule has 0 spiro atoms. The molecule has 96 valence electrons. The third kappa shape index (κ3) is 3.04. The molecule has 0 saturated carbocycles. The summed E-state index contributed by atoms with van der Waals surface area (Å²) in [5.41, 5.74) is 0.557. The molecule has 1 aromatic rings. The first-order valence-electron chi connectivity index (χ1n) is 5.11. The van der Waals surface area contributed by atoms with Gasteiger partial charge in [-0.05, 0) is 19.1 Å². The molecule has 0 bridgehead atoms. The Labute approximate surface area is 107 Å². The first-order valence-corrected chi connectivity index (χ1v) is 7.15. The van der Waals surface area contributed by atoms with E-state index < -0.39 is 15.3 Å². The van der Waals surface area contributed by atoms with Crippen molar-refractivity contribution in [2.24, 2.45) is 0 Å². The fourth-order valence-corrected chi connectivity index (χ4v) is 2.89. The highest BCUT2D eigenvalue weighted by atomic mass is 35.5. The number of alkyl halides is 1. The number of methoxy groups -OCH3 is 1.